The zero-order chi connectivity index (χ0) is 43.1. The number of benzene rings is 4. The van der Waals surface area contributed by atoms with Crippen molar-refractivity contribution in [1.82, 2.24) is 15.0 Å². The van der Waals surface area contributed by atoms with E-state index in [1.54, 1.807) is 6.07 Å². The van der Waals surface area contributed by atoms with Gasteiger partial charge in [0, 0.05) is 16.9 Å². The summed E-state index contributed by atoms with van der Waals surface area (Å²) in [6.45, 7) is 0. The molecule has 0 fully saturated rings. The van der Waals surface area contributed by atoms with Crippen LogP contribution in [0.15, 0.2) is 110 Å². The van der Waals surface area contributed by atoms with Crippen molar-refractivity contribution in [2.45, 2.75) is 14.7 Å². The zero-order valence-corrected chi connectivity index (χ0v) is 44.7. The second kappa shape index (κ2) is 22.5. The predicted molar refractivity (Wildman–Crippen MR) is 202 cm³/mol. The quantitative estimate of drug-likeness (QED) is 0.0512. The first-order valence-corrected chi connectivity index (χ1v) is 21.7. The Morgan fingerprint density at radius 2 is 1.17 bits per heavy atom. The maximum absolute atomic E-state index is 14.0. The summed E-state index contributed by atoms with van der Waals surface area (Å²) in [6, 6.07) is 15.6. The Labute approximate surface area is 451 Å². The first-order valence-electron chi connectivity index (χ1n) is 15.7. The minimum Gasteiger partial charge on any atom is -0.744 e. The molecule has 0 bridgehead atoms. The summed E-state index contributed by atoms with van der Waals surface area (Å²) in [4.78, 5) is 34.9. The SMILES string of the molecule is O=C(Nc1cc(S(=O)(=O)[O-])cc2c1C(=O)C(=NNc1cc(Nc3nc(Cl)nc(Nc4ccc(S(=O)(=O)[O-])cc4)n3)ccc1S(=O)(=O)[O-])C(S(=O)(=O)[O-])=C2)c1ccccc1.[Na+].[Na+].[Na+].[Na+]. The zero-order valence-electron chi connectivity index (χ0n) is 32.7. The molecule has 1 aliphatic rings. The molecule has 31 heteroatoms. The number of hydrogen-bond donors (Lipinski definition) is 4. The molecule has 63 heavy (non-hydrogen) atoms. The fourth-order valence-electron chi connectivity index (χ4n) is 5.22. The molecule has 0 radical (unpaired) electrons. The molecule has 0 atom stereocenters. The van der Waals surface area contributed by atoms with Gasteiger partial charge in [-0.3, -0.25) is 15.0 Å². The predicted octanol–water partition coefficient (Wildman–Crippen LogP) is -9.46. The van der Waals surface area contributed by atoms with Crippen LogP contribution >= 0.6 is 11.6 Å². The van der Waals surface area contributed by atoms with Crippen LogP contribution in [0, 0.1) is 0 Å². The van der Waals surface area contributed by atoms with Gasteiger partial charge in [-0.15, -0.1) is 0 Å². The summed E-state index contributed by atoms with van der Waals surface area (Å²) < 4.78 is 144. The van der Waals surface area contributed by atoms with E-state index in [1.165, 1.54) is 36.4 Å². The van der Waals surface area contributed by atoms with Crippen molar-refractivity contribution >= 4 is 110 Å². The van der Waals surface area contributed by atoms with Gasteiger partial charge in [0.05, 0.1) is 36.5 Å². The van der Waals surface area contributed by atoms with Crippen LogP contribution in [0.2, 0.25) is 5.28 Å². The molecule has 0 aliphatic heterocycles. The van der Waals surface area contributed by atoms with Crippen LogP contribution in [0.4, 0.5) is 34.6 Å². The number of ketones is 1. The summed E-state index contributed by atoms with van der Waals surface area (Å²) in [6.07, 6.45) is 0.506. The molecule has 0 unspecified atom stereocenters. The minimum atomic E-state index is -5.68. The van der Waals surface area contributed by atoms with E-state index in [4.69, 9.17) is 11.6 Å². The number of carbonyl (C=O) groups excluding carboxylic acids is 2. The summed E-state index contributed by atoms with van der Waals surface area (Å²) in [5, 5.41) is 10.9. The molecule has 5 aromatic rings. The average Bonchev–Trinajstić information content (AvgIpc) is 3.13. The second-order valence-electron chi connectivity index (χ2n) is 11.7. The molecule has 0 saturated carbocycles. The van der Waals surface area contributed by atoms with Crippen molar-refractivity contribution in [2.75, 3.05) is 21.4 Å². The van der Waals surface area contributed by atoms with Gasteiger partial charge in [0.2, 0.25) is 23.0 Å². The van der Waals surface area contributed by atoms with E-state index in [0.29, 0.717) is 18.2 Å². The van der Waals surface area contributed by atoms with Crippen LogP contribution in [0.5, 0.6) is 0 Å². The Balaban J connectivity index is 0.00000341. The van der Waals surface area contributed by atoms with Gasteiger partial charge in [-0.1, -0.05) is 18.2 Å². The Bertz CT molecular complexity index is 3120. The van der Waals surface area contributed by atoms with Crippen LogP contribution in [-0.4, -0.2) is 84.2 Å². The Morgan fingerprint density at radius 1 is 0.619 bits per heavy atom. The standard InChI is InChI=1S/C32H23ClN8O14S4.4Na/c33-30-37-31(34-18-6-9-20(10-7-18)56(44,45)46)39-32(38-30)35-19-8-11-24(58(50,51)52)22(14-19)40-41-27-25(59(53,54)55)13-17-12-21(57(47,48)49)15-23(26(17)28(27)42)36-29(43)16-4-2-1-3-5-16;;;;/h1-15,40H,(H,36,43)(H,44,45,46)(H,47,48,49)(H,50,51,52)(H,53,54,55)(H2,34,35,37,38,39);;;;/q;4*+1/p-4. The van der Waals surface area contributed by atoms with E-state index in [0.717, 1.165) is 30.3 Å². The largest absolute Gasteiger partial charge is 1.00 e. The van der Waals surface area contributed by atoms with Crippen LogP contribution in [-0.2, 0) is 40.5 Å². The molecule has 6 rings (SSSR count). The van der Waals surface area contributed by atoms with Crippen molar-refractivity contribution in [3.8, 4) is 0 Å². The molecular formula is C32H19ClN8Na4O14S4. The molecule has 1 aromatic heterocycles. The third-order valence-electron chi connectivity index (χ3n) is 7.75. The van der Waals surface area contributed by atoms with Gasteiger partial charge in [-0.2, -0.15) is 20.1 Å². The molecule has 1 aliphatic carbocycles. The van der Waals surface area contributed by atoms with Crippen molar-refractivity contribution < 1.29 is 180 Å². The molecule has 4 aromatic carbocycles. The van der Waals surface area contributed by atoms with Crippen molar-refractivity contribution in [3.63, 3.8) is 0 Å². The van der Waals surface area contributed by atoms with Gasteiger partial charge < -0.3 is 34.2 Å². The number of amides is 1. The molecule has 306 valence electrons. The number of Topliss-reactive ketones (excluding diaryl/α,β-unsaturated/α-hetero) is 1. The average molecular weight is 995 g/mol. The Morgan fingerprint density at radius 3 is 1.71 bits per heavy atom. The molecule has 0 spiro atoms. The smallest absolute Gasteiger partial charge is 0.744 e. The number of hydrogen-bond acceptors (Lipinski definition) is 21. The summed E-state index contributed by atoms with van der Waals surface area (Å²) >= 11 is 6.03. The second-order valence-corrected chi connectivity index (χ2v) is 17.5. The maximum Gasteiger partial charge on any atom is 1.00 e. The first kappa shape index (κ1) is 56.9. The number of aromatic nitrogens is 3. The van der Waals surface area contributed by atoms with Crippen molar-refractivity contribution in [1.29, 1.82) is 0 Å². The third kappa shape index (κ3) is 14.4. The summed E-state index contributed by atoms with van der Waals surface area (Å²) in [7, 11) is -21.1. The van der Waals surface area contributed by atoms with Gasteiger partial charge in [-0.05, 0) is 90.0 Å². The van der Waals surface area contributed by atoms with E-state index < -0.39 is 105 Å². The van der Waals surface area contributed by atoms with E-state index in [-0.39, 0.29) is 147 Å². The van der Waals surface area contributed by atoms with E-state index in [2.05, 4.69) is 41.4 Å². The number of fused-ring (bicyclic) bond motifs is 1. The molecular weight excluding hydrogens is 976 g/mol. The fourth-order valence-corrected chi connectivity index (χ4v) is 7.64. The number of carbonyl (C=O) groups is 2. The van der Waals surface area contributed by atoms with Crippen molar-refractivity contribution in [2.24, 2.45) is 5.10 Å². The molecule has 1 heterocycles. The van der Waals surface area contributed by atoms with Crippen LogP contribution in [0.3, 0.4) is 0 Å². The summed E-state index contributed by atoms with van der Waals surface area (Å²) in [5.74, 6) is -2.88. The Hall–Kier alpha value is -2.23. The first-order chi connectivity index (χ1) is 27.5. The van der Waals surface area contributed by atoms with E-state index >= 15 is 0 Å². The number of hydrazone groups is 1. The number of nitrogens with zero attached hydrogens (tertiary/aromatic N) is 4. The molecule has 22 nitrogen and oxygen atoms in total. The van der Waals surface area contributed by atoms with Gasteiger partial charge >= 0.3 is 118 Å². The molecule has 1 amide bonds. The topological polar surface area (TPSA) is 362 Å². The number of halogens is 1. The monoisotopic (exact) mass is 994 g/mol. The van der Waals surface area contributed by atoms with Gasteiger partial charge in [-0.25, -0.2) is 33.7 Å². The molecule has 0 saturated heterocycles. The maximum atomic E-state index is 14.0. The van der Waals surface area contributed by atoms with Gasteiger partial charge in [0.1, 0.15) is 46.2 Å². The molecule has 4 N–H and O–H groups in total. The number of nitrogens with one attached hydrogen (secondary N) is 4. The number of anilines is 6. The minimum absolute atomic E-state index is 0. The Kier molecular flexibility index (Phi) is 20.3. The van der Waals surface area contributed by atoms with Crippen LogP contribution < -0.4 is 140 Å². The van der Waals surface area contributed by atoms with E-state index in [1.807, 2.05) is 0 Å². The summed E-state index contributed by atoms with van der Waals surface area (Å²) in [5.41, 5.74) is -1.59. The normalized spacial score (nSPS) is 13.1. The van der Waals surface area contributed by atoms with Crippen molar-refractivity contribution in [3.05, 3.63) is 112 Å². The van der Waals surface area contributed by atoms with E-state index in [9.17, 15) is 61.5 Å². The van der Waals surface area contributed by atoms with Crippen LogP contribution in [0.25, 0.3) is 6.08 Å². The van der Waals surface area contributed by atoms with Crippen LogP contribution in [0.1, 0.15) is 26.3 Å². The van der Waals surface area contributed by atoms with Gasteiger partial charge in [0.25, 0.3) is 5.91 Å². The fraction of sp³-hybridized carbons (Fsp3) is 0. The third-order valence-corrected chi connectivity index (χ3v) is 11.3. The number of rotatable bonds is 12. The number of allylic oxidation sites excluding steroid dienone is 1. The van der Waals surface area contributed by atoms with Gasteiger partial charge in [0.15, 0.2) is 0 Å².